The molecular weight excluding hydrogens is 363 g/mol. The van der Waals surface area contributed by atoms with E-state index in [1.807, 2.05) is 0 Å². The molecule has 0 unspecified atom stereocenters. The minimum absolute atomic E-state index is 0.0451. The van der Waals surface area contributed by atoms with Crippen LogP contribution in [0.4, 0.5) is 4.39 Å². The van der Waals surface area contributed by atoms with Crippen molar-refractivity contribution in [3.63, 3.8) is 0 Å². The van der Waals surface area contributed by atoms with Crippen molar-refractivity contribution in [1.82, 2.24) is 20.2 Å². The lowest BCUT2D eigenvalue weighted by molar-refractivity contribution is -0.144. The smallest absolute Gasteiger partial charge is 0.316 e. The molecule has 1 aromatic heterocycles. The van der Waals surface area contributed by atoms with Gasteiger partial charge in [-0.3, -0.25) is 4.79 Å². The maximum atomic E-state index is 13.0. The van der Waals surface area contributed by atoms with Gasteiger partial charge in [0.05, 0.1) is 24.4 Å². The number of hydrogen-bond acceptors (Lipinski definition) is 6. The normalized spacial score (nSPS) is 27.9. The number of aliphatic carboxylic acids is 1. The van der Waals surface area contributed by atoms with Gasteiger partial charge in [-0.1, -0.05) is 6.92 Å². The molecule has 2 atom stereocenters. The third-order valence-corrected chi connectivity index (χ3v) is 6.70. The summed E-state index contributed by atoms with van der Waals surface area (Å²) in [4.78, 5) is 21.6. The van der Waals surface area contributed by atoms with Gasteiger partial charge in [0.15, 0.2) is 5.82 Å². The molecule has 0 bridgehead atoms. The van der Waals surface area contributed by atoms with Crippen LogP contribution in [0.3, 0.4) is 0 Å². The number of aromatic nitrogens is 2. The number of carbonyl (C=O) groups is 1. The quantitative estimate of drug-likeness (QED) is 0.664. The monoisotopic (exact) mass is 392 g/mol. The summed E-state index contributed by atoms with van der Waals surface area (Å²) in [6, 6.07) is 0.782. The van der Waals surface area contributed by atoms with E-state index in [0.29, 0.717) is 19.2 Å². The lowest BCUT2D eigenvalue weighted by Crippen LogP contribution is -2.50. The maximum Gasteiger partial charge on any atom is 0.316 e. The van der Waals surface area contributed by atoms with Crippen molar-refractivity contribution in [3.8, 4) is 6.01 Å². The highest BCUT2D eigenvalue weighted by molar-refractivity contribution is 5.78. The Balaban J connectivity index is 1.35. The molecule has 1 saturated heterocycles. The Morgan fingerprint density at radius 1 is 1.32 bits per heavy atom. The molecule has 2 N–H and O–H groups in total. The summed E-state index contributed by atoms with van der Waals surface area (Å²) in [5.74, 6) is -0.415. The molecule has 2 aliphatic carbocycles. The molecule has 28 heavy (non-hydrogen) atoms. The molecule has 3 aliphatic rings. The number of carboxylic acid groups (broad SMARTS) is 1. The molecule has 154 valence electrons. The number of nitrogens with zero attached hydrogens (tertiary/aromatic N) is 3. The van der Waals surface area contributed by atoms with Crippen LogP contribution in [0.2, 0.25) is 0 Å². The average Bonchev–Trinajstić information content (AvgIpc) is 3.60. The maximum absolute atomic E-state index is 13.0. The van der Waals surface area contributed by atoms with Crippen LogP contribution in [0.25, 0.3) is 0 Å². The van der Waals surface area contributed by atoms with Crippen molar-refractivity contribution < 1.29 is 19.0 Å². The second kappa shape index (κ2) is 7.55. The number of hydrogen-bond donors (Lipinski definition) is 2. The van der Waals surface area contributed by atoms with Crippen LogP contribution >= 0.6 is 0 Å². The van der Waals surface area contributed by atoms with E-state index in [9.17, 15) is 14.3 Å². The molecule has 8 heteroatoms. The minimum atomic E-state index is -0.662. The second-order valence-corrected chi connectivity index (χ2v) is 9.03. The van der Waals surface area contributed by atoms with Crippen LogP contribution in [0, 0.1) is 22.6 Å². The topological polar surface area (TPSA) is 87.6 Å². The Hall–Kier alpha value is -1.80. The van der Waals surface area contributed by atoms with Gasteiger partial charge in [-0.15, -0.1) is 0 Å². The van der Waals surface area contributed by atoms with E-state index >= 15 is 0 Å². The molecular formula is C20H29FN4O3. The summed E-state index contributed by atoms with van der Waals surface area (Å²) in [6.07, 6.45) is 6.87. The van der Waals surface area contributed by atoms with Crippen molar-refractivity contribution in [3.05, 3.63) is 18.2 Å². The summed E-state index contributed by atoms with van der Waals surface area (Å²) in [5.41, 5.74) is -0.559. The van der Waals surface area contributed by atoms with Crippen LogP contribution in [0.1, 0.15) is 39.0 Å². The van der Waals surface area contributed by atoms with E-state index in [0.717, 1.165) is 63.6 Å². The first-order valence-corrected chi connectivity index (χ1v) is 10.2. The fraction of sp³-hybridized carbons (Fsp3) is 0.750. The van der Waals surface area contributed by atoms with Gasteiger partial charge < -0.3 is 20.1 Å². The molecule has 2 heterocycles. The van der Waals surface area contributed by atoms with Gasteiger partial charge in [0, 0.05) is 24.5 Å². The molecule has 0 spiro atoms. The number of rotatable bonds is 9. The number of carboxylic acids is 1. The van der Waals surface area contributed by atoms with Gasteiger partial charge in [0.1, 0.15) is 0 Å². The molecule has 1 aromatic rings. The SMILES string of the molecule is C[C@@H]1C[C@H]1NCC1(COc2ncc(F)cn2)CCN(CC2(C(=O)O)CC2)CC1. The number of nitrogens with one attached hydrogen (secondary N) is 1. The van der Waals surface area contributed by atoms with E-state index in [-0.39, 0.29) is 11.4 Å². The van der Waals surface area contributed by atoms with E-state index in [1.54, 1.807) is 0 Å². The Morgan fingerprint density at radius 2 is 1.96 bits per heavy atom. The number of piperidine rings is 1. The predicted molar refractivity (Wildman–Crippen MR) is 100 cm³/mol. The lowest BCUT2D eigenvalue weighted by atomic mass is 9.78. The van der Waals surface area contributed by atoms with Crippen LogP contribution < -0.4 is 10.1 Å². The van der Waals surface area contributed by atoms with Crippen LogP contribution in [-0.4, -0.2) is 64.8 Å². The highest BCUT2D eigenvalue weighted by atomic mass is 19.1. The van der Waals surface area contributed by atoms with Crippen molar-refractivity contribution >= 4 is 5.97 Å². The van der Waals surface area contributed by atoms with Gasteiger partial charge in [0.25, 0.3) is 0 Å². The van der Waals surface area contributed by atoms with Crippen molar-refractivity contribution in [1.29, 1.82) is 0 Å². The number of halogens is 1. The summed E-state index contributed by atoms with van der Waals surface area (Å²) < 4.78 is 18.8. The average molecular weight is 392 g/mol. The van der Waals surface area contributed by atoms with Crippen molar-refractivity contribution in [2.45, 2.75) is 45.1 Å². The van der Waals surface area contributed by atoms with Crippen molar-refractivity contribution in [2.75, 3.05) is 32.8 Å². The zero-order chi connectivity index (χ0) is 19.8. The zero-order valence-electron chi connectivity index (χ0n) is 16.4. The fourth-order valence-corrected chi connectivity index (χ4v) is 4.12. The first-order valence-electron chi connectivity index (χ1n) is 10.2. The predicted octanol–water partition coefficient (Wildman–Crippen LogP) is 1.94. The highest BCUT2D eigenvalue weighted by Gasteiger charge is 2.52. The standard InChI is InChI=1S/C20H29FN4O3/c1-14-8-16(14)24-11-19(13-28-18-22-9-15(21)10-23-18)4-6-25(7-5-19)12-20(2-3-20)17(26)27/h9-10,14,16,24H,2-8,11-13H2,1H3,(H,26,27)/t14-,16-/m1/s1. The fourth-order valence-electron chi connectivity index (χ4n) is 4.12. The largest absolute Gasteiger partial charge is 0.481 e. The molecule has 0 amide bonds. The zero-order valence-corrected chi connectivity index (χ0v) is 16.4. The Bertz CT molecular complexity index is 702. The number of likely N-dealkylation sites (tertiary alicyclic amines) is 1. The summed E-state index contributed by atoms with van der Waals surface area (Å²) >= 11 is 0. The third kappa shape index (κ3) is 4.43. The number of ether oxygens (including phenoxy) is 1. The lowest BCUT2D eigenvalue weighted by Gasteiger charge is -2.42. The van der Waals surface area contributed by atoms with Gasteiger partial charge >= 0.3 is 12.0 Å². The third-order valence-electron chi connectivity index (χ3n) is 6.70. The first kappa shape index (κ1) is 19.5. The van der Waals surface area contributed by atoms with E-state index < -0.39 is 17.2 Å². The molecule has 7 nitrogen and oxygen atoms in total. The van der Waals surface area contributed by atoms with Gasteiger partial charge in [0.2, 0.25) is 0 Å². The van der Waals surface area contributed by atoms with Gasteiger partial charge in [-0.2, -0.15) is 0 Å². The van der Waals surface area contributed by atoms with E-state index in [2.05, 4.69) is 27.1 Å². The minimum Gasteiger partial charge on any atom is -0.481 e. The van der Waals surface area contributed by atoms with E-state index in [4.69, 9.17) is 4.74 Å². The molecule has 2 saturated carbocycles. The van der Waals surface area contributed by atoms with Crippen LogP contribution in [-0.2, 0) is 4.79 Å². The summed E-state index contributed by atoms with van der Waals surface area (Å²) in [7, 11) is 0. The van der Waals surface area contributed by atoms with E-state index in [1.165, 1.54) is 6.42 Å². The molecule has 1 aliphatic heterocycles. The molecule has 4 rings (SSSR count). The highest BCUT2D eigenvalue weighted by Crippen LogP contribution is 2.47. The Labute approximate surface area is 164 Å². The Morgan fingerprint density at radius 3 is 2.50 bits per heavy atom. The van der Waals surface area contributed by atoms with Crippen LogP contribution in [0.5, 0.6) is 6.01 Å². The van der Waals surface area contributed by atoms with Gasteiger partial charge in [-0.05, 0) is 51.1 Å². The molecule has 0 radical (unpaired) electrons. The Kier molecular flexibility index (Phi) is 5.26. The van der Waals surface area contributed by atoms with Crippen molar-refractivity contribution in [2.24, 2.45) is 16.7 Å². The summed E-state index contributed by atoms with van der Waals surface area (Å²) in [5, 5.41) is 13.1. The van der Waals surface area contributed by atoms with Gasteiger partial charge in [-0.25, -0.2) is 14.4 Å². The second-order valence-electron chi connectivity index (χ2n) is 9.03. The summed E-state index contributed by atoms with van der Waals surface area (Å²) in [6.45, 7) is 5.96. The first-order chi connectivity index (χ1) is 13.4. The van der Waals surface area contributed by atoms with Crippen LogP contribution in [0.15, 0.2) is 12.4 Å². The molecule has 0 aromatic carbocycles. The molecule has 3 fully saturated rings.